The quantitative estimate of drug-likeness (QED) is 0.0549. The number of aliphatic hydroxyl groups is 3. The van der Waals surface area contributed by atoms with E-state index < -0.39 is 87.3 Å². The van der Waals surface area contributed by atoms with Crippen LogP contribution in [-0.4, -0.2) is 250 Å². The van der Waals surface area contributed by atoms with Crippen molar-refractivity contribution in [2.45, 2.75) is 186 Å². The number of amides is 1. The smallest absolute Gasteiger partial charge is 0.246 e. The maximum absolute atomic E-state index is 14.5. The van der Waals surface area contributed by atoms with Gasteiger partial charge in [0, 0.05) is 117 Å². The number of benzene rings is 7. The fourth-order valence-corrected chi connectivity index (χ4v) is 30.1. The van der Waals surface area contributed by atoms with Crippen molar-refractivity contribution in [1.82, 2.24) is 33.0 Å². The van der Waals surface area contributed by atoms with Gasteiger partial charge in [0.2, 0.25) is 36.0 Å². The highest BCUT2D eigenvalue weighted by molar-refractivity contribution is 7.90. The number of methoxy groups -OCH3 is 3. The number of nitrogens with one attached hydrogen (secondary N) is 1. The first-order chi connectivity index (χ1) is 58.4. The van der Waals surface area contributed by atoms with Crippen LogP contribution in [0.4, 0.5) is 17.1 Å². The predicted octanol–water partition coefficient (Wildman–Crippen LogP) is 8.94. The zero-order valence-corrected chi connectivity index (χ0v) is 73.6. The lowest BCUT2D eigenvalue weighted by Crippen LogP contribution is -2.78. The molecular formula is C93H110N10O16S3. The molecular weight excluding hydrogens is 1610 g/mol. The number of hydrogen-bond donors (Lipinski definition) is 4. The van der Waals surface area contributed by atoms with Gasteiger partial charge in [-0.25, -0.2) is 25.3 Å². The number of piperidine rings is 3. The summed E-state index contributed by atoms with van der Waals surface area (Å²) < 4.78 is 128. The van der Waals surface area contributed by atoms with Crippen LogP contribution in [0.1, 0.15) is 102 Å². The molecule has 15 atom stereocenters. The summed E-state index contributed by atoms with van der Waals surface area (Å²) in [5.41, 5.74) is 3.41. The lowest BCUT2D eigenvalue weighted by Gasteiger charge is -2.64. The largest absolute Gasteiger partial charge is 0.493 e. The molecule has 6 aliphatic heterocycles. The van der Waals surface area contributed by atoms with E-state index in [4.69, 9.17) is 28.4 Å². The summed E-state index contributed by atoms with van der Waals surface area (Å²) in [6, 6.07) is 46.6. The molecule has 3 saturated heterocycles. The second-order valence-electron chi connectivity index (χ2n) is 35.6. The number of hydrogen-bond acceptors (Lipinski definition) is 22. The number of carbonyl (C=O) groups excluding carboxylic acids is 1. The third-order valence-electron chi connectivity index (χ3n) is 29.7. The third-order valence-corrected chi connectivity index (χ3v) is 35.6. The van der Waals surface area contributed by atoms with Crippen molar-refractivity contribution in [3.63, 3.8) is 0 Å². The first kappa shape index (κ1) is 83.5. The van der Waals surface area contributed by atoms with E-state index in [9.17, 15) is 45.4 Å². The molecule has 6 fully saturated rings. The number of sulfonamides is 3. The van der Waals surface area contributed by atoms with Crippen LogP contribution in [0.25, 0.3) is 6.08 Å². The second-order valence-corrected chi connectivity index (χ2v) is 41.2. The van der Waals surface area contributed by atoms with Crippen LogP contribution in [0.15, 0.2) is 185 Å². The molecule has 122 heavy (non-hydrogen) atoms. The van der Waals surface area contributed by atoms with E-state index >= 15 is 0 Å². The van der Waals surface area contributed by atoms with Crippen LogP contribution in [0, 0.1) is 0 Å². The molecule has 0 radical (unpaired) electrons. The van der Waals surface area contributed by atoms with Gasteiger partial charge in [-0.05, 0) is 186 Å². The summed E-state index contributed by atoms with van der Waals surface area (Å²) in [5, 5.41) is 41.9. The molecule has 3 spiro atoms. The van der Waals surface area contributed by atoms with Gasteiger partial charge in [0.15, 0.2) is 34.5 Å². The molecule has 7 heterocycles. The van der Waals surface area contributed by atoms with E-state index in [0.29, 0.717) is 147 Å². The van der Waals surface area contributed by atoms with E-state index in [2.05, 4.69) is 46.5 Å². The van der Waals surface area contributed by atoms with Gasteiger partial charge < -0.3 is 68.7 Å². The van der Waals surface area contributed by atoms with Gasteiger partial charge in [0.25, 0.3) is 0 Å². The van der Waals surface area contributed by atoms with Crippen LogP contribution in [0.5, 0.6) is 34.5 Å². The van der Waals surface area contributed by atoms with Gasteiger partial charge in [-0.3, -0.25) is 14.7 Å². The Kier molecular flexibility index (Phi) is 20.9. The van der Waals surface area contributed by atoms with Gasteiger partial charge in [-0.2, -0.15) is 12.9 Å². The first-order valence-electron chi connectivity index (χ1n) is 42.3. The van der Waals surface area contributed by atoms with Gasteiger partial charge in [0.05, 0.1) is 101 Å². The summed E-state index contributed by atoms with van der Waals surface area (Å²) in [6.45, 7) is 1.59. The lowest BCUT2D eigenvalue weighted by atomic mass is 9.48. The molecule has 646 valence electrons. The SMILES string of the molecule is CN[C@@H]1CC[C@@]2(O)[C@H]3Cc4ccc(OC)c5c4[C@@]2(CCN3S(=O)(=O)c2ccccc2N(C)C)[C@H]1O5.COc1ccc2c3c1O[C@H]1[C@H](N(C)C(=O)/C=C/c4ccccn4)CC[C@@]4(O)[C@@H](C2)N(S(=O)(=O)c2ccccc2N(C)C)CC[C@]314.COc1ccc2c3c1O[C@H]1[C@H](N(C)Cc4ccccc4)CC[C@@]4(O)[C@@H](C2)N(S(=O)(=O)c2ccccc2N(C)C)CC[C@]314. The van der Waals surface area contributed by atoms with E-state index in [1.807, 2.05) is 150 Å². The number of carbonyl (C=O) groups is 1. The maximum Gasteiger partial charge on any atom is 0.246 e. The van der Waals surface area contributed by atoms with E-state index in [0.717, 1.165) is 39.9 Å². The molecule has 20 rings (SSSR count). The number of rotatable bonds is 19. The van der Waals surface area contributed by atoms with Gasteiger partial charge >= 0.3 is 0 Å². The zero-order valence-electron chi connectivity index (χ0n) is 71.2. The van der Waals surface area contributed by atoms with Crippen molar-refractivity contribution in [3.8, 4) is 34.5 Å². The fourth-order valence-electron chi connectivity index (χ4n) is 24.3. The Morgan fingerprint density at radius 3 is 1.24 bits per heavy atom. The second kappa shape index (κ2) is 30.5. The van der Waals surface area contributed by atoms with E-state index in [1.165, 1.54) is 15.9 Å². The highest BCUT2D eigenvalue weighted by atomic mass is 32.2. The molecule has 3 saturated carbocycles. The predicted molar refractivity (Wildman–Crippen MR) is 464 cm³/mol. The number of anilines is 3. The summed E-state index contributed by atoms with van der Waals surface area (Å²) in [4.78, 5) is 28.0. The first-order valence-corrected chi connectivity index (χ1v) is 46.6. The standard InChI is InChI=1S/C34H38N4O6S.C33H39N3O5S.C26H33N3O5S/c1-36(2)24-10-5-6-11-27(24)45(41,42)38-20-18-33-30-22-12-14-26(43-4)31(30)44-32(33)25(16-17-34(33,40)28(38)21-22)37(3)29(39)15-13-23-9-7-8-19-35-23;1-34(2)24-12-8-9-13-27(24)42(38,39)36-19-18-32-29-23-14-15-26(40-4)30(29)41-31(32)25(16-17-33(32,37)28(36)20-23)35(3)21-22-10-6-5-7-11-22;1-27-17-11-12-26(30)21-15-16-9-10-19(33-4)23-22(16)25(26,24(17)34-23)13-14-29(21)35(31,32)20-8-6-5-7-18(20)28(2)3/h5-15,19,25,28,32,40H,16-18,20-21H2,1-4H3;5-15,25,28,31,37H,16-21H2,1-4H3;5-10,17,21,24,27,30H,11-15H2,1-4H3/b15-13+;;/t25-,28-,32+,33+,34-;25-,28-,31+,32+,33-;17-,21-,24+,25+,26-/m111/s1. The highest BCUT2D eigenvalue weighted by Crippen LogP contribution is 2.70. The van der Waals surface area contributed by atoms with Crippen LogP contribution in [-0.2, 0) is 76.9 Å². The van der Waals surface area contributed by atoms with Crippen molar-refractivity contribution in [1.29, 1.82) is 0 Å². The molecule has 4 N–H and O–H groups in total. The van der Waals surface area contributed by atoms with Crippen molar-refractivity contribution in [3.05, 3.63) is 215 Å². The Labute approximate surface area is 715 Å². The maximum atomic E-state index is 14.5. The van der Waals surface area contributed by atoms with Crippen LogP contribution in [0.2, 0.25) is 0 Å². The summed E-state index contributed by atoms with van der Waals surface area (Å²) in [7, 11) is 9.97. The topological polar surface area (TPSA) is 286 Å². The Hall–Kier alpha value is -9.37. The molecule has 0 unspecified atom stereocenters. The average molecular weight is 1720 g/mol. The van der Waals surface area contributed by atoms with Crippen molar-refractivity contribution in [2.75, 3.05) is 119 Å². The molecule has 1 amide bonds. The molecule has 8 aromatic rings. The molecule has 7 aromatic carbocycles. The molecule has 29 heteroatoms. The summed E-state index contributed by atoms with van der Waals surface area (Å²) in [6.07, 6.45) is 9.26. The Morgan fingerprint density at radius 2 is 0.844 bits per heavy atom. The number of likely N-dealkylation sites (N-methyl/N-ethyl adjacent to an activating group) is 3. The molecule has 12 aliphatic rings. The van der Waals surface area contributed by atoms with Gasteiger partial charge in [-0.15, -0.1) is 0 Å². The van der Waals surface area contributed by atoms with E-state index in [-0.39, 0.29) is 57.5 Å². The van der Waals surface area contributed by atoms with E-state index in [1.54, 1.807) is 102 Å². The minimum absolute atomic E-state index is 0.0341. The van der Waals surface area contributed by atoms with Crippen molar-refractivity contribution >= 4 is 59.1 Å². The van der Waals surface area contributed by atoms with Gasteiger partial charge in [-0.1, -0.05) is 91.0 Å². The molecule has 26 nitrogen and oxygen atoms in total. The highest BCUT2D eigenvalue weighted by Gasteiger charge is 2.78. The van der Waals surface area contributed by atoms with Crippen LogP contribution >= 0.6 is 0 Å². The minimum atomic E-state index is -3.99. The van der Waals surface area contributed by atoms with Crippen molar-refractivity contribution in [2.24, 2.45) is 0 Å². The Balaban J connectivity index is 0.000000126. The minimum Gasteiger partial charge on any atom is -0.493 e. The monoisotopic (exact) mass is 1720 g/mol. The zero-order chi connectivity index (χ0) is 85.9. The normalized spacial score (nSPS) is 30.1. The fraction of sp³-hybridized carbons (Fsp3) is 0.462. The number of para-hydroxylation sites is 3. The number of nitrogens with zero attached hydrogens (tertiary/aromatic N) is 9. The summed E-state index contributed by atoms with van der Waals surface area (Å²) in [5.74, 6) is 3.70. The average Bonchev–Trinajstić information content (AvgIpc) is 1.44. The Bertz CT molecular complexity index is 5830. The Morgan fingerprint density at radius 1 is 0.475 bits per heavy atom. The van der Waals surface area contributed by atoms with Crippen molar-refractivity contribution < 1.29 is 73.8 Å². The van der Waals surface area contributed by atoms with Crippen LogP contribution in [0.3, 0.4) is 0 Å². The molecule has 6 aliphatic carbocycles. The molecule has 1 aromatic heterocycles. The summed E-state index contributed by atoms with van der Waals surface area (Å²) >= 11 is 0. The third kappa shape index (κ3) is 12.0. The molecule has 6 bridgehead atoms. The lowest BCUT2D eigenvalue weighted by molar-refractivity contribution is -0.186. The van der Waals surface area contributed by atoms with Crippen LogP contribution < -0.4 is 48.4 Å². The number of pyridine rings is 1. The number of aromatic nitrogens is 1. The number of ether oxygens (including phenoxy) is 6. The van der Waals surface area contributed by atoms with Gasteiger partial charge in [0.1, 0.15) is 33.0 Å².